The maximum Gasteiger partial charge on any atom is 0.196 e. The summed E-state index contributed by atoms with van der Waals surface area (Å²) >= 11 is 6.00. The molecule has 0 heterocycles. The summed E-state index contributed by atoms with van der Waals surface area (Å²) in [6.07, 6.45) is 0. The molecule has 0 spiro atoms. The molecule has 0 saturated heterocycles. The van der Waals surface area contributed by atoms with Gasteiger partial charge in [-0.3, -0.25) is 19.2 Å². The van der Waals surface area contributed by atoms with Crippen LogP contribution >= 0.6 is 11.6 Å². The second-order valence-corrected chi connectivity index (χ2v) is 10.5. The zero-order chi connectivity index (χ0) is 26.5. The molecule has 0 aromatic heterocycles. The van der Waals surface area contributed by atoms with Crippen LogP contribution < -0.4 is 0 Å². The summed E-state index contributed by atoms with van der Waals surface area (Å²) in [7, 11) is 0. The van der Waals surface area contributed by atoms with Gasteiger partial charge in [0.25, 0.3) is 0 Å². The highest BCUT2D eigenvalue weighted by atomic mass is 35.5. The first-order valence-electron chi connectivity index (χ1n) is 11.9. The van der Waals surface area contributed by atoms with E-state index in [4.69, 9.17) is 11.6 Å². The molecule has 182 valence electrons. The molecule has 4 aromatic rings. The molecule has 2 aliphatic carbocycles. The van der Waals surface area contributed by atoms with Gasteiger partial charge in [-0.15, -0.1) is 0 Å². The first-order valence-corrected chi connectivity index (χ1v) is 12.3. The minimum Gasteiger partial charge on any atom is -0.289 e. The molecule has 5 heteroatoms. The molecule has 6 rings (SSSR count). The van der Waals surface area contributed by atoms with Crippen molar-refractivity contribution >= 4 is 34.7 Å². The second-order valence-electron chi connectivity index (χ2n) is 10.1. The smallest absolute Gasteiger partial charge is 0.196 e. The Bertz CT molecular complexity index is 1640. The van der Waals surface area contributed by atoms with Gasteiger partial charge in [0.05, 0.1) is 10.6 Å². The summed E-state index contributed by atoms with van der Waals surface area (Å²) in [5, 5.41) is 0.329. The Morgan fingerprint density at radius 1 is 0.486 bits per heavy atom. The van der Waals surface area contributed by atoms with Crippen LogP contribution in [-0.4, -0.2) is 23.1 Å². The van der Waals surface area contributed by atoms with Crippen LogP contribution in [0.25, 0.3) is 0 Å². The van der Waals surface area contributed by atoms with Gasteiger partial charge in [0.1, 0.15) is 0 Å². The van der Waals surface area contributed by atoms with E-state index in [1.165, 1.54) is 0 Å². The number of benzene rings is 4. The lowest BCUT2D eigenvalue weighted by atomic mass is 9.79. The third-order valence-electron chi connectivity index (χ3n) is 6.69. The lowest BCUT2D eigenvalue weighted by molar-refractivity contribution is 0.0979. The molecule has 0 unspecified atom stereocenters. The van der Waals surface area contributed by atoms with Crippen molar-refractivity contribution in [3.05, 3.63) is 140 Å². The van der Waals surface area contributed by atoms with Gasteiger partial charge in [-0.2, -0.15) is 0 Å². The summed E-state index contributed by atoms with van der Waals surface area (Å²) < 4.78 is 0. The molecule has 0 saturated carbocycles. The molecule has 4 aromatic carbocycles. The SMILES string of the molecule is CC(C)(C)c1ccc2c(c1)C(=O)c1ccccc1C2=O.O=C1c2ccccc2C(=O)c2c(Cl)cccc21. The third-order valence-corrected chi connectivity index (χ3v) is 7.01. The standard InChI is InChI=1S/C18H16O2.C14H7ClO2/c1-18(2,3)11-8-9-14-15(10-11)17(20)13-7-5-4-6-12(13)16(14)19;15-11-7-3-6-10-12(11)14(17)9-5-2-1-4-8(9)13(10)16/h4-10H,1-3H3;1-7H. The van der Waals surface area contributed by atoms with Gasteiger partial charge < -0.3 is 0 Å². The van der Waals surface area contributed by atoms with E-state index in [1.807, 2.05) is 12.1 Å². The largest absolute Gasteiger partial charge is 0.289 e. The lowest BCUT2D eigenvalue weighted by Crippen LogP contribution is -2.22. The van der Waals surface area contributed by atoms with Crippen LogP contribution in [0.15, 0.2) is 84.9 Å². The minimum absolute atomic E-state index is 0.0463. The average molecular weight is 507 g/mol. The van der Waals surface area contributed by atoms with Crippen molar-refractivity contribution in [3.8, 4) is 0 Å². The van der Waals surface area contributed by atoms with Crippen LogP contribution in [-0.2, 0) is 5.41 Å². The summed E-state index contributed by atoms with van der Waals surface area (Å²) in [6.45, 7) is 6.29. The quantitative estimate of drug-likeness (QED) is 0.225. The van der Waals surface area contributed by atoms with Gasteiger partial charge >= 0.3 is 0 Å². The third kappa shape index (κ3) is 4.13. The minimum atomic E-state index is -0.180. The molecule has 0 fully saturated rings. The van der Waals surface area contributed by atoms with Gasteiger partial charge in [0.2, 0.25) is 0 Å². The lowest BCUT2D eigenvalue weighted by Gasteiger charge is -2.23. The highest BCUT2D eigenvalue weighted by molar-refractivity contribution is 6.39. The Morgan fingerprint density at radius 2 is 0.919 bits per heavy atom. The van der Waals surface area contributed by atoms with E-state index in [9.17, 15) is 19.2 Å². The number of halogens is 1. The first kappa shape index (κ1) is 24.5. The summed E-state index contributed by atoms with van der Waals surface area (Å²) in [5.41, 5.74) is 4.67. The van der Waals surface area contributed by atoms with Gasteiger partial charge in [0, 0.05) is 38.9 Å². The fraction of sp³-hybridized carbons (Fsp3) is 0.125. The fourth-order valence-corrected chi connectivity index (χ4v) is 4.93. The van der Waals surface area contributed by atoms with E-state index in [0.717, 1.165) is 5.56 Å². The van der Waals surface area contributed by atoms with E-state index >= 15 is 0 Å². The predicted octanol–water partition coefficient (Wildman–Crippen LogP) is 6.87. The molecule has 0 bridgehead atoms. The molecule has 37 heavy (non-hydrogen) atoms. The molecular weight excluding hydrogens is 484 g/mol. The molecule has 2 aliphatic rings. The Kier molecular flexibility index (Phi) is 6.01. The van der Waals surface area contributed by atoms with Crippen LogP contribution in [0.3, 0.4) is 0 Å². The molecule has 0 radical (unpaired) electrons. The number of rotatable bonds is 0. The van der Waals surface area contributed by atoms with E-state index < -0.39 is 0 Å². The maximum atomic E-state index is 12.6. The number of fused-ring (bicyclic) bond motifs is 4. The zero-order valence-corrected chi connectivity index (χ0v) is 21.3. The summed E-state index contributed by atoms with van der Waals surface area (Å²) in [5.74, 6) is -0.435. The molecular formula is C32H23ClO4. The van der Waals surface area contributed by atoms with Crippen LogP contribution in [0.4, 0.5) is 0 Å². The van der Waals surface area contributed by atoms with Crippen molar-refractivity contribution in [1.82, 2.24) is 0 Å². The van der Waals surface area contributed by atoms with Gasteiger partial charge in [-0.05, 0) is 29.2 Å². The average Bonchev–Trinajstić information content (AvgIpc) is 2.90. The van der Waals surface area contributed by atoms with Gasteiger partial charge in [-0.25, -0.2) is 0 Å². The van der Waals surface area contributed by atoms with Crippen molar-refractivity contribution in [2.75, 3.05) is 0 Å². The topological polar surface area (TPSA) is 68.3 Å². The van der Waals surface area contributed by atoms with Crippen molar-refractivity contribution in [1.29, 1.82) is 0 Å². The Labute approximate surface area is 219 Å². The normalized spacial score (nSPS) is 13.6. The Morgan fingerprint density at radius 3 is 1.46 bits per heavy atom. The maximum absolute atomic E-state index is 12.6. The van der Waals surface area contributed by atoms with Gasteiger partial charge in [0.15, 0.2) is 23.1 Å². The van der Waals surface area contributed by atoms with Gasteiger partial charge in [-0.1, -0.05) is 99.1 Å². The van der Waals surface area contributed by atoms with E-state index in [-0.39, 0.29) is 28.5 Å². The molecule has 0 atom stereocenters. The number of hydrogen-bond acceptors (Lipinski definition) is 4. The molecule has 0 amide bonds. The number of carbonyl (C=O) groups excluding carboxylic acids is 4. The second kappa shape index (κ2) is 9.06. The predicted molar refractivity (Wildman–Crippen MR) is 143 cm³/mol. The molecule has 4 nitrogen and oxygen atoms in total. The first-order chi connectivity index (χ1) is 17.6. The molecule has 0 N–H and O–H groups in total. The Balaban J connectivity index is 0.000000153. The number of hydrogen-bond donors (Lipinski definition) is 0. The van der Waals surface area contributed by atoms with Crippen LogP contribution in [0.2, 0.25) is 5.02 Å². The van der Waals surface area contributed by atoms with Crippen LogP contribution in [0.1, 0.15) is 90.0 Å². The number of carbonyl (C=O) groups is 4. The van der Waals surface area contributed by atoms with E-state index in [0.29, 0.717) is 49.5 Å². The zero-order valence-electron chi connectivity index (χ0n) is 20.6. The highest BCUT2D eigenvalue weighted by Gasteiger charge is 2.31. The molecule has 0 aliphatic heterocycles. The summed E-state index contributed by atoms with van der Waals surface area (Å²) in [4.78, 5) is 49.5. The van der Waals surface area contributed by atoms with Crippen molar-refractivity contribution < 1.29 is 19.2 Å². The number of ketones is 4. The van der Waals surface area contributed by atoms with Crippen molar-refractivity contribution in [2.24, 2.45) is 0 Å². The van der Waals surface area contributed by atoms with Crippen molar-refractivity contribution in [2.45, 2.75) is 26.2 Å². The Hall–Kier alpha value is -4.15. The summed E-state index contributed by atoms with van der Waals surface area (Å²) in [6, 6.07) is 24.4. The van der Waals surface area contributed by atoms with E-state index in [2.05, 4.69) is 20.8 Å². The fourth-order valence-electron chi connectivity index (χ4n) is 4.67. The van der Waals surface area contributed by atoms with Crippen LogP contribution in [0.5, 0.6) is 0 Å². The highest BCUT2D eigenvalue weighted by Crippen LogP contribution is 2.32. The van der Waals surface area contributed by atoms with Crippen LogP contribution in [0, 0.1) is 0 Å². The van der Waals surface area contributed by atoms with E-state index in [1.54, 1.807) is 72.8 Å². The van der Waals surface area contributed by atoms with Crippen molar-refractivity contribution in [3.63, 3.8) is 0 Å². The monoisotopic (exact) mass is 506 g/mol.